The Labute approximate surface area is 185 Å². The molecule has 32 heavy (non-hydrogen) atoms. The normalized spacial score (nSPS) is 10.7. The Morgan fingerprint density at radius 2 is 1.84 bits per heavy atom. The molecular weight excluding hydrogens is 408 g/mol. The number of rotatable bonds is 8. The maximum atomic E-state index is 12.7. The number of nitrogens with zero attached hydrogens (tertiary/aromatic N) is 1. The zero-order valence-electron chi connectivity index (χ0n) is 18.2. The summed E-state index contributed by atoms with van der Waals surface area (Å²) in [6.07, 6.45) is 0.902. The van der Waals surface area contributed by atoms with Gasteiger partial charge in [0.05, 0.1) is 20.8 Å². The molecular formula is C25H24N2O5. The van der Waals surface area contributed by atoms with Crippen LogP contribution < -0.4 is 19.5 Å². The minimum Gasteiger partial charge on any atom is -0.494 e. The molecule has 4 aromatic rings. The van der Waals surface area contributed by atoms with Gasteiger partial charge >= 0.3 is 0 Å². The van der Waals surface area contributed by atoms with Crippen molar-refractivity contribution in [1.82, 2.24) is 4.98 Å². The minimum absolute atomic E-state index is 0.227. The topological polar surface area (TPSA) is 82.8 Å². The van der Waals surface area contributed by atoms with E-state index in [0.29, 0.717) is 52.1 Å². The van der Waals surface area contributed by atoms with Gasteiger partial charge in [0.1, 0.15) is 11.3 Å². The van der Waals surface area contributed by atoms with Crippen LogP contribution >= 0.6 is 0 Å². The first-order chi connectivity index (χ1) is 15.6. The van der Waals surface area contributed by atoms with Gasteiger partial charge in [0, 0.05) is 16.8 Å². The molecule has 0 aliphatic heterocycles. The first-order valence-electron chi connectivity index (χ1n) is 10.3. The van der Waals surface area contributed by atoms with Gasteiger partial charge in [0.15, 0.2) is 17.1 Å². The number of ether oxygens (including phenoxy) is 3. The molecule has 3 aromatic carbocycles. The van der Waals surface area contributed by atoms with Gasteiger partial charge in [-0.1, -0.05) is 13.0 Å². The summed E-state index contributed by atoms with van der Waals surface area (Å²) in [4.78, 5) is 17.3. The molecule has 7 heteroatoms. The predicted molar refractivity (Wildman–Crippen MR) is 123 cm³/mol. The third-order valence-corrected chi connectivity index (χ3v) is 4.85. The summed E-state index contributed by atoms with van der Waals surface area (Å²) < 4.78 is 22.1. The predicted octanol–water partition coefficient (Wildman–Crippen LogP) is 5.55. The van der Waals surface area contributed by atoms with Crippen LogP contribution in [-0.2, 0) is 0 Å². The van der Waals surface area contributed by atoms with Crippen LogP contribution in [0.4, 0.5) is 5.69 Å². The van der Waals surface area contributed by atoms with Crippen molar-refractivity contribution >= 4 is 22.7 Å². The molecule has 1 aromatic heterocycles. The molecule has 0 aliphatic carbocycles. The van der Waals surface area contributed by atoms with E-state index in [-0.39, 0.29) is 5.91 Å². The number of hydrogen-bond donors (Lipinski definition) is 1. The SMILES string of the molecule is CCCOc1cccc(C(=O)Nc2ccc3oc(-c4ccc(OC)c(OC)c4)nc3c2)c1. The fourth-order valence-corrected chi connectivity index (χ4v) is 3.25. The van der Waals surface area contributed by atoms with Crippen LogP contribution in [-0.4, -0.2) is 31.7 Å². The maximum Gasteiger partial charge on any atom is 0.255 e. The number of anilines is 1. The van der Waals surface area contributed by atoms with E-state index >= 15 is 0 Å². The van der Waals surface area contributed by atoms with E-state index in [2.05, 4.69) is 10.3 Å². The van der Waals surface area contributed by atoms with E-state index in [4.69, 9.17) is 18.6 Å². The van der Waals surface area contributed by atoms with E-state index in [1.165, 1.54) is 0 Å². The van der Waals surface area contributed by atoms with Crippen LogP contribution in [0.1, 0.15) is 23.7 Å². The van der Waals surface area contributed by atoms with Crippen LogP contribution in [0.15, 0.2) is 65.1 Å². The fourth-order valence-electron chi connectivity index (χ4n) is 3.25. The molecule has 164 valence electrons. The lowest BCUT2D eigenvalue weighted by atomic mass is 10.2. The monoisotopic (exact) mass is 432 g/mol. The Morgan fingerprint density at radius 3 is 2.62 bits per heavy atom. The summed E-state index contributed by atoms with van der Waals surface area (Å²) in [7, 11) is 3.16. The highest BCUT2D eigenvalue weighted by Gasteiger charge is 2.13. The highest BCUT2D eigenvalue weighted by Crippen LogP contribution is 2.33. The molecule has 0 saturated heterocycles. The maximum absolute atomic E-state index is 12.7. The van der Waals surface area contributed by atoms with Crippen LogP contribution in [0, 0.1) is 0 Å². The number of hydrogen-bond acceptors (Lipinski definition) is 6. The summed E-state index contributed by atoms with van der Waals surface area (Å²) in [5.41, 5.74) is 3.14. The Bertz CT molecular complexity index is 1250. The van der Waals surface area contributed by atoms with Crippen molar-refractivity contribution < 1.29 is 23.4 Å². The van der Waals surface area contributed by atoms with Crippen molar-refractivity contribution in [3.05, 3.63) is 66.2 Å². The van der Waals surface area contributed by atoms with Crippen molar-refractivity contribution in [3.63, 3.8) is 0 Å². The van der Waals surface area contributed by atoms with E-state index in [0.717, 1.165) is 12.0 Å². The largest absolute Gasteiger partial charge is 0.494 e. The first kappa shape index (κ1) is 21.2. The molecule has 0 aliphatic rings. The van der Waals surface area contributed by atoms with Crippen molar-refractivity contribution in [2.45, 2.75) is 13.3 Å². The first-order valence-corrected chi connectivity index (χ1v) is 10.3. The van der Waals surface area contributed by atoms with Crippen LogP contribution in [0.25, 0.3) is 22.6 Å². The molecule has 0 bridgehead atoms. The van der Waals surface area contributed by atoms with Gasteiger partial charge in [0.25, 0.3) is 5.91 Å². The average Bonchev–Trinajstić information content (AvgIpc) is 3.26. The number of benzene rings is 3. The number of nitrogens with one attached hydrogen (secondary N) is 1. The van der Waals surface area contributed by atoms with Crippen LogP contribution in [0.3, 0.4) is 0 Å². The van der Waals surface area contributed by atoms with E-state index in [1.807, 2.05) is 19.1 Å². The summed E-state index contributed by atoms with van der Waals surface area (Å²) >= 11 is 0. The molecule has 7 nitrogen and oxygen atoms in total. The van der Waals surface area contributed by atoms with Crippen molar-refractivity contribution in [1.29, 1.82) is 0 Å². The zero-order chi connectivity index (χ0) is 22.5. The van der Waals surface area contributed by atoms with Gasteiger partial charge in [-0.2, -0.15) is 0 Å². The molecule has 0 radical (unpaired) electrons. The zero-order valence-corrected chi connectivity index (χ0v) is 18.2. The molecule has 4 rings (SSSR count). The third kappa shape index (κ3) is 4.51. The van der Waals surface area contributed by atoms with Crippen LogP contribution in [0.5, 0.6) is 17.2 Å². The number of fused-ring (bicyclic) bond motifs is 1. The summed E-state index contributed by atoms with van der Waals surface area (Å²) in [6.45, 7) is 2.64. The average molecular weight is 432 g/mol. The van der Waals surface area contributed by atoms with Crippen molar-refractivity contribution in [2.24, 2.45) is 0 Å². The van der Waals surface area contributed by atoms with Crippen molar-refractivity contribution in [3.8, 4) is 28.7 Å². The number of oxazole rings is 1. The highest BCUT2D eigenvalue weighted by atomic mass is 16.5. The summed E-state index contributed by atoms with van der Waals surface area (Å²) in [6, 6.07) is 17.9. The Kier molecular flexibility index (Phi) is 6.26. The van der Waals surface area contributed by atoms with Gasteiger partial charge in [-0.05, 0) is 61.0 Å². The number of carbonyl (C=O) groups is 1. The number of amides is 1. The molecule has 0 spiro atoms. The summed E-state index contributed by atoms with van der Waals surface area (Å²) in [5.74, 6) is 2.11. The van der Waals surface area contributed by atoms with Crippen molar-refractivity contribution in [2.75, 3.05) is 26.1 Å². The van der Waals surface area contributed by atoms with E-state index in [9.17, 15) is 4.79 Å². The van der Waals surface area contributed by atoms with Crippen LogP contribution in [0.2, 0.25) is 0 Å². The Hall–Kier alpha value is -4.00. The molecule has 0 unspecified atom stereocenters. The lowest BCUT2D eigenvalue weighted by molar-refractivity contribution is 0.102. The standard InChI is InChI=1S/C25H24N2O5/c1-4-12-31-19-7-5-6-16(13-19)24(28)26-18-9-11-21-20(15-18)27-25(32-21)17-8-10-22(29-2)23(14-17)30-3/h5-11,13-15H,4,12H2,1-3H3,(H,26,28). The summed E-state index contributed by atoms with van der Waals surface area (Å²) in [5, 5.41) is 2.90. The molecule has 0 atom stereocenters. The lowest BCUT2D eigenvalue weighted by Crippen LogP contribution is -2.12. The van der Waals surface area contributed by atoms with E-state index < -0.39 is 0 Å². The second-order valence-electron chi connectivity index (χ2n) is 7.10. The quantitative estimate of drug-likeness (QED) is 0.393. The third-order valence-electron chi connectivity index (χ3n) is 4.85. The number of carbonyl (C=O) groups excluding carboxylic acids is 1. The second kappa shape index (κ2) is 9.43. The smallest absolute Gasteiger partial charge is 0.255 e. The Morgan fingerprint density at radius 1 is 1.00 bits per heavy atom. The van der Waals surface area contributed by atoms with Gasteiger partial charge in [0.2, 0.25) is 5.89 Å². The molecule has 1 heterocycles. The van der Waals surface area contributed by atoms with Gasteiger partial charge < -0.3 is 23.9 Å². The van der Waals surface area contributed by atoms with Gasteiger partial charge in [-0.3, -0.25) is 4.79 Å². The molecule has 1 amide bonds. The number of aromatic nitrogens is 1. The molecule has 0 fully saturated rings. The molecule has 1 N–H and O–H groups in total. The lowest BCUT2D eigenvalue weighted by Gasteiger charge is -2.08. The fraction of sp³-hybridized carbons (Fsp3) is 0.200. The minimum atomic E-state index is -0.227. The Balaban J connectivity index is 1.55. The van der Waals surface area contributed by atoms with E-state index in [1.54, 1.807) is 62.8 Å². The van der Waals surface area contributed by atoms with Gasteiger partial charge in [-0.25, -0.2) is 4.98 Å². The number of methoxy groups -OCH3 is 2. The second-order valence-corrected chi connectivity index (χ2v) is 7.10. The molecule has 0 saturated carbocycles. The van der Waals surface area contributed by atoms with Gasteiger partial charge in [-0.15, -0.1) is 0 Å². The highest BCUT2D eigenvalue weighted by molar-refractivity contribution is 6.05.